The van der Waals surface area contributed by atoms with E-state index in [1.54, 1.807) is 0 Å². The monoisotopic (exact) mass is 397 g/mol. The molecule has 0 aliphatic heterocycles. The number of rotatable bonds is 6. The van der Waals surface area contributed by atoms with Gasteiger partial charge in [-0.1, -0.05) is 43.7 Å². The fraction of sp³-hybridized carbons (Fsp3) is 0.500. The third-order valence-electron chi connectivity index (χ3n) is 4.65. The number of aromatic nitrogens is 1. The predicted molar refractivity (Wildman–Crippen MR) is 119 cm³/mol. The topological polar surface area (TPSA) is 77.2 Å². The zero-order valence-corrected chi connectivity index (χ0v) is 18.8. The number of pyridine rings is 1. The van der Waals surface area contributed by atoms with E-state index in [1.807, 2.05) is 27.7 Å². The van der Waals surface area contributed by atoms with Gasteiger partial charge in [0.25, 0.3) is 0 Å². The quantitative estimate of drug-likeness (QED) is 0.715. The number of nitrogens with two attached hydrogens (primary N) is 1. The van der Waals surface area contributed by atoms with Gasteiger partial charge in [-0.05, 0) is 63.6 Å². The fourth-order valence-electron chi connectivity index (χ4n) is 3.38. The summed E-state index contributed by atoms with van der Waals surface area (Å²) in [7, 11) is 0. The summed E-state index contributed by atoms with van der Waals surface area (Å²) in [6, 6.07) is 8.41. The molecule has 0 aliphatic carbocycles. The maximum absolute atomic E-state index is 12.3. The highest BCUT2D eigenvalue weighted by Gasteiger charge is 2.21. The van der Waals surface area contributed by atoms with Crippen molar-refractivity contribution in [2.75, 3.05) is 0 Å². The van der Waals surface area contributed by atoms with Crippen molar-refractivity contribution < 1.29 is 9.53 Å². The van der Waals surface area contributed by atoms with Crippen LogP contribution in [0.5, 0.6) is 0 Å². The summed E-state index contributed by atoms with van der Waals surface area (Å²) in [4.78, 5) is 17.2. The van der Waals surface area contributed by atoms with Gasteiger partial charge in [0.1, 0.15) is 5.60 Å². The van der Waals surface area contributed by atoms with Gasteiger partial charge in [-0.15, -0.1) is 0 Å². The third-order valence-corrected chi connectivity index (χ3v) is 4.65. The highest BCUT2D eigenvalue weighted by Crippen LogP contribution is 2.32. The molecule has 2 aromatic rings. The highest BCUT2D eigenvalue weighted by molar-refractivity contribution is 5.74. The Labute approximate surface area is 175 Å². The van der Waals surface area contributed by atoms with Crippen LogP contribution in [0.2, 0.25) is 0 Å². The standard InChI is InChI=1S/C24H35N3O2/c1-15(2)12-21-20(14-26-23(28)29-24(5,6)7)22(19(13-25)17(4)27-21)18-10-8-16(3)9-11-18/h8-11,15H,12-14,25H2,1-7H3,(H,26,28). The van der Waals surface area contributed by atoms with E-state index >= 15 is 0 Å². The highest BCUT2D eigenvalue weighted by atomic mass is 16.6. The molecule has 1 aromatic carbocycles. The first-order valence-corrected chi connectivity index (χ1v) is 10.3. The number of benzene rings is 1. The van der Waals surface area contributed by atoms with E-state index in [2.05, 4.69) is 50.4 Å². The minimum atomic E-state index is -0.543. The van der Waals surface area contributed by atoms with Crippen LogP contribution in [0.4, 0.5) is 4.79 Å². The average Bonchev–Trinajstić information content (AvgIpc) is 2.59. The molecule has 0 bridgehead atoms. The molecule has 158 valence electrons. The molecule has 0 radical (unpaired) electrons. The van der Waals surface area contributed by atoms with E-state index < -0.39 is 11.7 Å². The second kappa shape index (κ2) is 9.40. The summed E-state index contributed by atoms with van der Waals surface area (Å²) >= 11 is 0. The number of carbonyl (C=O) groups excluding carboxylic acids is 1. The van der Waals surface area contributed by atoms with E-state index in [0.29, 0.717) is 19.0 Å². The van der Waals surface area contributed by atoms with Crippen LogP contribution in [0.25, 0.3) is 11.1 Å². The molecule has 0 spiro atoms. The van der Waals surface area contributed by atoms with Crippen LogP contribution in [-0.2, 0) is 24.2 Å². The van der Waals surface area contributed by atoms with Crippen molar-refractivity contribution in [2.45, 2.75) is 73.6 Å². The predicted octanol–water partition coefficient (Wildman–Crippen LogP) is 5.05. The lowest BCUT2D eigenvalue weighted by molar-refractivity contribution is 0.0523. The van der Waals surface area contributed by atoms with Crippen molar-refractivity contribution in [3.63, 3.8) is 0 Å². The van der Waals surface area contributed by atoms with E-state index in [4.69, 9.17) is 15.5 Å². The maximum atomic E-state index is 12.3. The Morgan fingerprint density at radius 1 is 1.14 bits per heavy atom. The first-order valence-electron chi connectivity index (χ1n) is 10.3. The molecule has 3 N–H and O–H groups in total. The molecule has 2 rings (SSSR count). The SMILES string of the molecule is Cc1ccc(-c2c(CN)c(C)nc(CC(C)C)c2CNC(=O)OC(C)(C)C)cc1. The summed E-state index contributed by atoms with van der Waals surface area (Å²) in [6.07, 6.45) is 0.397. The Bertz CT molecular complexity index is 850. The third kappa shape index (κ3) is 6.29. The molecule has 0 saturated heterocycles. The summed E-state index contributed by atoms with van der Waals surface area (Å²) in [6.45, 7) is 14.7. The summed E-state index contributed by atoms with van der Waals surface area (Å²) in [5.74, 6) is 0.441. The number of amides is 1. The Morgan fingerprint density at radius 3 is 2.28 bits per heavy atom. The first kappa shape index (κ1) is 22.9. The number of nitrogens with one attached hydrogen (secondary N) is 1. The smallest absolute Gasteiger partial charge is 0.407 e. The summed E-state index contributed by atoms with van der Waals surface area (Å²) in [5.41, 5.74) is 12.9. The molecule has 0 fully saturated rings. The lowest BCUT2D eigenvalue weighted by atomic mass is 9.89. The molecule has 0 unspecified atom stereocenters. The summed E-state index contributed by atoms with van der Waals surface area (Å²) in [5, 5.41) is 2.92. The Kier molecular flexibility index (Phi) is 7.42. The van der Waals surface area contributed by atoms with Gasteiger partial charge >= 0.3 is 6.09 Å². The van der Waals surface area contributed by atoms with Crippen molar-refractivity contribution in [1.29, 1.82) is 0 Å². The van der Waals surface area contributed by atoms with Crippen LogP contribution in [0.3, 0.4) is 0 Å². The maximum Gasteiger partial charge on any atom is 0.407 e. The van der Waals surface area contributed by atoms with Gasteiger partial charge in [0.2, 0.25) is 0 Å². The van der Waals surface area contributed by atoms with Crippen LogP contribution in [0.1, 0.15) is 62.7 Å². The zero-order valence-electron chi connectivity index (χ0n) is 18.8. The van der Waals surface area contributed by atoms with E-state index in [0.717, 1.165) is 40.1 Å². The van der Waals surface area contributed by atoms with E-state index in [1.165, 1.54) is 5.56 Å². The van der Waals surface area contributed by atoms with Crippen LogP contribution < -0.4 is 11.1 Å². The van der Waals surface area contributed by atoms with Crippen molar-refractivity contribution in [3.05, 3.63) is 52.3 Å². The lowest BCUT2D eigenvalue weighted by Crippen LogP contribution is -2.32. The minimum Gasteiger partial charge on any atom is -0.444 e. The molecule has 5 heteroatoms. The molecule has 0 atom stereocenters. The Hall–Kier alpha value is -2.40. The molecule has 1 amide bonds. The van der Waals surface area contributed by atoms with Crippen LogP contribution >= 0.6 is 0 Å². The van der Waals surface area contributed by atoms with Gasteiger partial charge in [-0.2, -0.15) is 0 Å². The normalized spacial score (nSPS) is 11.6. The van der Waals surface area contributed by atoms with Crippen molar-refractivity contribution in [1.82, 2.24) is 10.3 Å². The van der Waals surface area contributed by atoms with Crippen LogP contribution in [0, 0.1) is 19.8 Å². The number of nitrogens with zero attached hydrogens (tertiary/aromatic N) is 1. The zero-order chi connectivity index (χ0) is 21.8. The number of ether oxygens (including phenoxy) is 1. The largest absolute Gasteiger partial charge is 0.444 e. The molecule has 1 aromatic heterocycles. The molecule has 1 heterocycles. The van der Waals surface area contributed by atoms with Gasteiger partial charge in [-0.25, -0.2) is 4.79 Å². The molecule has 0 aliphatic rings. The van der Waals surface area contributed by atoms with Crippen molar-refractivity contribution in [3.8, 4) is 11.1 Å². The van der Waals surface area contributed by atoms with Gasteiger partial charge in [-0.3, -0.25) is 4.98 Å². The number of carbonyl (C=O) groups is 1. The van der Waals surface area contributed by atoms with Gasteiger partial charge in [0.15, 0.2) is 0 Å². The minimum absolute atomic E-state index is 0.348. The number of alkyl carbamates (subject to hydrolysis) is 1. The van der Waals surface area contributed by atoms with Crippen LogP contribution in [0.15, 0.2) is 24.3 Å². The lowest BCUT2D eigenvalue weighted by Gasteiger charge is -2.23. The van der Waals surface area contributed by atoms with E-state index in [-0.39, 0.29) is 0 Å². The van der Waals surface area contributed by atoms with Crippen molar-refractivity contribution >= 4 is 6.09 Å². The molecule has 5 nitrogen and oxygen atoms in total. The number of aryl methyl sites for hydroxylation is 2. The molecular formula is C24H35N3O2. The first-order chi connectivity index (χ1) is 13.5. The molecular weight excluding hydrogens is 362 g/mol. The van der Waals surface area contributed by atoms with Crippen LogP contribution in [-0.4, -0.2) is 16.7 Å². The van der Waals surface area contributed by atoms with E-state index in [9.17, 15) is 4.79 Å². The molecule has 0 saturated carbocycles. The summed E-state index contributed by atoms with van der Waals surface area (Å²) < 4.78 is 5.43. The second-order valence-electron chi connectivity index (χ2n) is 9.00. The van der Waals surface area contributed by atoms with Gasteiger partial charge in [0.05, 0.1) is 0 Å². The molecule has 29 heavy (non-hydrogen) atoms. The Morgan fingerprint density at radius 2 is 1.76 bits per heavy atom. The van der Waals surface area contributed by atoms with Gasteiger partial charge in [0, 0.05) is 30.0 Å². The number of hydrogen-bond donors (Lipinski definition) is 2. The second-order valence-corrected chi connectivity index (χ2v) is 9.00. The van der Waals surface area contributed by atoms with Crippen molar-refractivity contribution in [2.24, 2.45) is 11.7 Å². The fourth-order valence-corrected chi connectivity index (χ4v) is 3.38. The Balaban J connectivity index is 2.56. The number of hydrogen-bond acceptors (Lipinski definition) is 4. The average molecular weight is 398 g/mol. The van der Waals surface area contributed by atoms with Gasteiger partial charge < -0.3 is 15.8 Å².